The molecule has 0 spiro atoms. The summed E-state index contributed by atoms with van der Waals surface area (Å²) in [5.41, 5.74) is 0.981. The van der Waals surface area contributed by atoms with Crippen LogP contribution in [-0.2, 0) is 6.61 Å². The Morgan fingerprint density at radius 1 is 1.18 bits per heavy atom. The van der Waals surface area contributed by atoms with Gasteiger partial charge in [-0.25, -0.2) is 0 Å². The van der Waals surface area contributed by atoms with E-state index in [-0.39, 0.29) is 0 Å². The lowest BCUT2D eigenvalue weighted by atomic mass is 10.2. The standard InChI is InChI=1S/C13H9BrClIO/c14-10-6-5-9(11(15)7-10)8-17-13-4-2-1-3-12(13)16/h1-7H,8H2. The molecule has 88 valence electrons. The third-order valence-electron chi connectivity index (χ3n) is 2.23. The first-order valence-corrected chi connectivity index (χ1v) is 7.23. The van der Waals surface area contributed by atoms with Crippen LogP contribution in [0.2, 0.25) is 5.02 Å². The average molecular weight is 423 g/mol. The zero-order valence-electron chi connectivity index (χ0n) is 8.79. The van der Waals surface area contributed by atoms with Crippen LogP contribution >= 0.6 is 50.1 Å². The molecular weight excluding hydrogens is 414 g/mol. The number of hydrogen-bond donors (Lipinski definition) is 0. The van der Waals surface area contributed by atoms with Crippen LogP contribution in [0.5, 0.6) is 5.75 Å². The summed E-state index contributed by atoms with van der Waals surface area (Å²) in [6.45, 7) is 0.478. The van der Waals surface area contributed by atoms with E-state index < -0.39 is 0 Å². The van der Waals surface area contributed by atoms with Gasteiger partial charge in [-0.2, -0.15) is 0 Å². The van der Waals surface area contributed by atoms with Gasteiger partial charge in [0.2, 0.25) is 0 Å². The molecule has 0 amide bonds. The summed E-state index contributed by atoms with van der Waals surface area (Å²) < 4.78 is 7.80. The van der Waals surface area contributed by atoms with Gasteiger partial charge in [-0.3, -0.25) is 0 Å². The number of rotatable bonds is 3. The van der Waals surface area contributed by atoms with Crippen molar-refractivity contribution in [2.45, 2.75) is 6.61 Å². The normalized spacial score (nSPS) is 10.3. The second-order valence-corrected chi connectivity index (χ2v) is 5.94. The van der Waals surface area contributed by atoms with Crippen molar-refractivity contribution in [3.8, 4) is 5.75 Å². The fraction of sp³-hybridized carbons (Fsp3) is 0.0769. The van der Waals surface area contributed by atoms with Crippen LogP contribution in [0.1, 0.15) is 5.56 Å². The highest BCUT2D eigenvalue weighted by Crippen LogP contribution is 2.25. The lowest BCUT2D eigenvalue weighted by Crippen LogP contribution is -1.97. The molecule has 0 fully saturated rings. The monoisotopic (exact) mass is 422 g/mol. The van der Waals surface area contributed by atoms with Crippen LogP contribution < -0.4 is 4.74 Å². The SMILES string of the molecule is Clc1cc(Br)ccc1COc1ccccc1I. The third kappa shape index (κ3) is 3.60. The van der Waals surface area contributed by atoms with E-state index in [9.17, 15) is 0 Å². The molecule has 2 rings (SSSR count). The summed E-state index contributed by atoms with van der Waals surface area (Å²) in [5, 5.41) is 0.713. The molecule has 0 atom stereocenters. The highest BCUT2D eigenvalue weighted by Gasteiger charge is 2.04. The smallest absolute Gasteiger partial charge is 0.133 e. The van der Waals surface area contributed by atoms with Crippen molar-refractivity contribution in [1.29, 1.82) is 0 Å². The van der Waals surface area contributed by atoms with E-state index in [2.05, 4.69) is 38.5 Å². The summed E-state index contributed by atoms with van der Waals surface area (Å²) >= 11 is 11.8. The van der Waals surface area contributed by atoms with Gasteiger partial charge in [0, 0.05) is 15.1 Å². The van der Waals surface area contributed by atoms with Crippen molar-refractivity contribution < 1.29 is 4.74 Å². The topological polar surface area (TPSA) is 9.23 Å². The Morgan fingerprint density at radius 3 is 2.65 bits per heavy atom. The molecule has 0 aliphatic carbocycles. The van der Waals surface area contributed by atoms with Gasteiger partial charge >= 0.3 is 0 Å². The van der Waals surface area contributed by atoms with E-state index in [4.69, 9.17) is 16.3 Å². The molecule has 17 heavy (non-hydrogen) atoms. The van der Waals surface area contributed by atoms with Gasteiger partial charge in [-0.05, 0) is 46.9 Å². The average Bonchev–Trinajstić information content (AvgIpc) is 2.30. The first-order chi connectivity index (χ1) is 8.16. The maximum atomic E-state index is 6.12. The maximum Gasteiger partial charge on any atom is 0.133 e. The summed E-state index contributed by atoms with van der Waals surface area (Å²) in [6, 6.07) is 13.7. The molecule has 0 heterocycles. The van der Waals surface area contributed by atoms with Gasteiger partial charge < -0.3 is 4.74 Å². The van der Waals surface area contributed by atoms with Crippen LogP contribution in [-0.4, -0.2) is 0 Å². The Labute approximate surface area is 127 Å². The number of para-hydroxylation sites is 1. The fourth-order valence-electron chi connectivity index (χ4n) is 1.36. The van der Waals surface area contributed by atoms with Crippen molar-refractivity contribution in [3.63, 3.8) is 0 Å². The Balaban J connectivity index is 2.10. The molecule has 1 nitrogen and oxygen atoms in total. The van der Waals surface area contributed by atoms with Crippen molar-refractivity contribution in [3.05, 3.63) is 61.1 Å². The van der Waals surface area contributed by atoms with E-state index in [1.165, 1.54) is 0 Å². The molecule has 0 saturated heterocycles. The van der Waals surface area contributed by atoms with E-state index >= 15 is 0 Å². The molecule has 0 unspecified atom stereocenters. The lowest BCUT2D eigenvalue weighted by Gasteiger charge is -2.09. The highest BCUT2D eigenvalue weighted by atomic mass is 127. The van der Waals surface area contributed by atoms with Crippen LogP contribution in [0.3, 0.4) is 0 Å². The van der Waals surface area contributed by atoms with E-state index in [0.29, 0.717) is 11.6 Å². The molecule has 4 heteroatoms. The summed E-state index contributed by atoms with van der Waals surface area (Å²) in [6.07, 6.45) is 0. The molecule has 0 aromatic heterocycles. The Morgan fingerprint density at radius 2 is 1.94 bits per heavy atom. The van der Waals surface area contributed by atoms with Crippen molar-refractivity contribution in [1.82, 2.24) is 0 Å². The minimum Gasteiger partial charge on any atom is -0.488 e. The molecule has 0 N–H and O–H groups in total. The zero-order valence-corrected chi connectivity index (χ0v) is 13.3. The highest BCUT2D eigenvalue weighted by molar-refractivity contribution is 14.1. The van der Waals surface area contributed by atoms with Crippen molar-refractivity contribution in [2.75, 3.05) is 0 Å². The van der Waals surface area contributed by atoms with Crippen molar-refractivity contribution >= 4 is 50.1 Å². The van der Waals surface area contributed by atoms with E-state index in [0.717, 1.165) is 19.4 Å². The van der Waals surface area contributed by atoms with E-state index in [1.54, 1.807) is 0 Å². The Bertz CT molecular complexity index is 531. The first kappa shape index (κ1) is 13.2. The van der Waals surface area contributed by atoms with Gasteiger partial charge in [0.05, 0.1) is 3.57 Å². The van der Waals surface area contributed by atoms with Gasteiger partial charge in [-0.15, -0.1) is 0 Å². The molecule has 0 radical (unpaired) electrons. The largest absolute Gasteiger partial charge is 0.488 e. The minimum atomic E-state index is 0.478. The molecule has 0 saturated carbocycles. The number of halogens is 3. The molecule has 0 bridgehead atoms. The fourth-order valence-corrected chi connectivity index (χ4v) is 2.63. The van der Waals surface area contributed by atoms with Crippen LogP contribution in [0.15, 0.2) is 46.9 Å². The molecular formula is C13H9BrClIO. The zero-order chi connectivity index (χ0) is 12.3. The number of ether oxygens (including phenoxy) is 1. The number of hydrogen-bond acceptors (Lipinski definition) is 1. The predicted molar refractivity (Wildman–Crippen MR) is 82.6 cm³/mol. The quantitative estimate of drug-likeness (QED) is 0.610. The number of benzene rings is 2. The summed E-state index contributed by atoms with van der Waals surface area (Å²) in [4.78, 5) is 0. The first-order valence-electron chi connectivity index (χ1n) is 4.98. The summed E-state index contributed by atoms with van der Waals surface area (Å²) in [7, 11) is 0. The van der Waals surface area contributed by atoms with Crippen molar-refractivity contribution in [2.24, 2.45) is 0 Å². The van der Waals surface area contributed by atoms with Crippen LogP contribution in [0.4, 0.5) is 0 Å². The minimum absolute atomic E-state index is 0.478. The second kappa shape index (κ2) is 6.07. The van der Waals surface area contributed by atoms with Gasteiger partial charge in [0.15, 0.2) is 0 Å². The molecule has 0 aliphatic heterocycles. The third-order valence-corrected chi connectivity index (χ3v) is 3.97. The molecule has 2 aromatic rings. The van der Waals surface area contributed by atoms with Gasteiger partial charge in [-0.1, -0.05) is 45.7 Å². The molecule has 0 aliphatic rings. The summed E-state index contributed by atoms with van der Waals surface area (Å²) in [5.74, 6) is 0.882. The maximum absolute atomic E-state index is 6.12. The second-order valence-electron chi connectivity index (χ2n) is 3.45. The van der Waals surface area contributed by atoms with Gasteiger partial charge in [0.25, 0.3) is 0 Å². The van der Waals surface area contributed by atoms with Crippen LogP contribution in [0, 0.1) is 3.57 Å². The van der Waals surface area contributed by atoms with Gasteiger partial charge in [0.1, 0.15) is 12.4 Å². The predicted octanol–water partition coefficient (Wildman–Crippen LogP) is 5.29. The Kier molecular flexibility index (Phi) is 4.70. The molecule has 2 aromatic carbocycles. The lowest BCUT2D eigenvalue weighted by molar-refractivity contribution is 0.304. The van der Waals surface area contributed by atoms with E-state index in [1.807, 2.05) is 42.5 Å². The Hall–Kier alpha value is -0.260. The van der Waals surface area contributed by atoms with Crippen LogP contribution in [0.25, 0.3) is 0 Å².